The maximum absolute atomic E-state index is 5.07. The fourth-order valence-electron chi connectivity index (χ4n) is 0.531. The van der Waals surface area contributed by atoms with Gasteiger partial charge in [-0.1, -0.05) is 0 Å². The van der Waals surface area contributed by atoms with Crippen molar-refractivity contribution < 1.29 is 4.74 Å². The van der Waals surface area contributed by atoms with Crippen LogP contribution in [0.4, 0.5) is 0 Å². The molecule has 0 saturated heterocycles. The molecule has 0 amide bonds. The smallest absolute Gasteiger partial charge is 0.141 e. The Bertz CT molecular complexity index is 265. The van der Waals surface area contributed by atoms with Crippen LogP contribution in [0.15, 0.2) is 12.3 Å². The molecular formula is C7H6N2O. The second kappa shape index (κ2) is 2.83. The van der Waals surface area contributed by atoms with E-state index >= 15 is 0 Å². The van der Waals surface area contributed by atoms with Crippen molar-refractivity contribution in [3.8, 4) is 18.1 Å². The molecule has 0 spiro atoms. The Morgan fingerprint density at radius 1 is 1.70 bits per heavy atom. The molecule has 10 heavy (non-hydrogen) atoms. The van der Waals surface area contributed by atoms with Crippen LogP contribution >= 0.6 is 0 Å². The van der Waals surface area contributed by atoms with Gasteiger partial charge in [0, 0.05) is 6.07 Å². The van der Waals surface area contributed by atoms with Crippen molar-refractivity contribution in [1.29, 1.82) is 0 Å². The van der Waals surface area contributed by atoms with Crippen LogP contribution in [0.5, 0.6) is 5.75 Å². The Balaban J connectivity index is 3.01. The molecule has 3 heteroatoms. The molecule has 0 N–H and O–H groups in total. The normalized spacial score (nSPS) is 8.40. The zero-order valence-corrected chi connectivity index (χ0v) is 5.53. The van der Waals surface area contributed by atoms with Gasteiger partial charge < -0.3 is 4.74 Å². The van der Waals surface area contributed by atoms with Gasteiger partial charge in [0.15, 0.2) is 0 Å². The number of rotatable bonds is 1. The molecule has 1 heterocycles. The first-order chi connectivity index (χ1) is 4.86. The van der Waals surface area contributed by atoms with Gasteiger partial charge in [-0.25, -0.2) is 0 Å². The summed E-state index contributed by atoms with van der Waals surface area (Å²) in [5, 5.41) is 7.25. The second-order valence-corrected chi connectivity index (χ2v) is 1.62. The van der Waals surface area contributed by atoms with Crippen LogP contribution in [0, 0.1) is 12.3 Å². The number of aromatic nitrogens is 2. The summed E-state index contributed by atoms with van der Waals surface area (Å²) in [6.45, 7) is 0. The van der Waals surface area contributed by atoms with E-state index in [1.54, 1.807) is 13.2 Å². The van der Waals surface area contributed by atoms with Crippen LogP contribution in [-0.2, 0) is 0 Å². The van der Waals surface area contributed by atoms with Crippen LogP contribution in [0.2, 0.25) is 0 Å². The van der Waals surface area contributed by atoms with Crippen LogP contribution in [0.3, 0.4) is 0 Å². The largest absolute Gasteiger partial charge is 0.495 e. The van der Waals surface area contributed by atoms with Gasteiger partial charge in [0.25, 0.3) is 0 Å². The van der Waals surface area contributed by atoms with Gasteiger partial charge >= 0.3 is 0 Å². The molecule has 0 fully saturated rings. The maximum atomic E-state index is 5.07. The molecule has 50 valence electrons. The first-order valence-electron chi connectivity index (χ1n) is 2.70. The third-order valence-corrected chi connectivity index (χ3v) is 1.01. The molecule has 3 nitrogen and oxygen atoms in total. The summed E-state index contributed by atoms with van der Waals surface area (Å²) in [4.78, 5) is 0. The lowest BCUT2D eigenvalue weighted by Gasteiger charge is -1.95. The quantitative estimate of drug-likeness (QED) is 0.523. The molecule has 0 atom stereocenters. The average Bonchev–Trinajstić information content (AvgIpc) is 2.05. The number of hydrogen-bond acceptors (Lipinski definition) is 3. The van der Waals surface area contributed by atoms with E-state index in [1.807, 2.05) is 0 Å². The van der Waals surface area contributed by atoms with E-state index in [0.717, 1.165) is 0 Å². The SMILES string of the molecule is C#Cc1cc(OC)cnn1. The third-order valence-electron chi connectivity index (χ3n) is 1.01. The molecule has 0 aliphatic rings. The van der Waals surface area contributed by atoms with Crippen LogP contribution < -0.4 is 4.74 Å². The van der Waals surface area contributed by atoms with E-state index in [2.05, 4.69) is 16.1 Å². The summed E-state index contributed by atoms with van der Waals surface area (Å²) < 4.78 is 4.86. The predicted octanol–water partition coefficient (Wildman–Crippen LogP) is 0.466. The first-order valence-corrected chi connectivity index (χ1v) is 2.70. The number of nitrogens with zero attached hydrogens (tertiary/aromatic N) is 2. The fourth-order valence-corrected chi connectivity index (χ4v) is 0.531. The minimum Gasteiger partial charge on any atom is -0.495 e. The average molecular weight is 134 g/mol. The van der Waals surface area contributed by atoms with Crippen molar-refractivity contribution in [1.82, 2.24) is 10.2 Å². The van der Waals surface area contributed by atoms with Gasteiger partial charge in [-0.15, -0.1) is 11.5 Å². The Kier molecular flexibility index (Phi) is 1.86. The zero-order chi connectivity index (χ0) is 7.40. The number of hydrogen-bond donors (Lipinski definition) is 0. The van der Waals surface area contributed by atoms with Gasteiger partial charge in [-0.05, 0) is 5.92 Å². The van der Waals surface area contributed by atoms with Gasteiger partial charge in [0.1, 0.15) is 11.4 Å². The molecule has 0 radical (unpaired) electrons. The summed E-state index contributed by atoms with van der Waals surface area (Å²) in [6, 6.07) is 1.65. The van der Waals surface area contributed by atoms with E-state index in [4.69, 9.17) is 11.2 Å². The van der Waals surface area contributed by atoms with E-state index in [-0.39, 0.29) is 0 Å². The lowest BCUT2D eigenvalue weighted by Crippen LogP contribution is -1.89. The molecule has 0 unspecified atom stereocenters. The topological polar surface area (TPSA) is 35.0 Å². The summed E-state index contributed by atoms with van der Waals surface area (Å²) in [6.07, 6.45) is 6.57. The first kappa shape index (κ1) is 6.56. The zero-order valence-electron chi connectivity index (χ0n) is 5.53. The van der Waals surface area contributed by atoms with Gasteiger partial charge in [0.05, 0.1) is 13.3 Å². The Morgan fingerprint density at radius 3 is 3.10 bits per heavy atom. The lowest BCUT2D eigenvalue weighted by atomic mass is 10.4. The van der Waals surface area contributed by atoms with E-state index in [9.17, 15) is 0 Å². The summed E-state index contributed by atoms with van der Waals surface area (Å²) >= 11 is 0. The molecule has 0 aromatic carbocycles. The van der Waals surface area contributed by atoms with Crippen molar-refractivity contribution in [2.24, 2.45) is 0 Å². The van der Waals surface area contributed by atoms with Crippen LogP contribution in [-0.4, -0.2) is 17.3 Å². The van der Waals surface area contributed by atoms with Crippen molar-refractivity contribution in [3.63, 3.8) is 0 Å². The molecule has 0 bridgehead atoms. The van der Waals surface area contributed by atoms with Crippen molar-refractivity contribution in [3.05, 3.63) is 18.0 Å². The summed E-state index contributed by atoms with van der Waals surface area (Å²) in [5.74, 6) is 2.98. The Hall–Kier alpha value is -1.56. The maximum Gasteiger partial charge on any atom is 0.141 e. The molecule has 0 aliphatic heterocycles. The summed E-state index contributed by atoms with van der Waals surface area (Å²) in [7, 11) is 1.55. The van der Waals surface area contributed by atoms with Crippen molar-refractivity contribution in [2.75, 3.05) is 7.11 Å². The van der Waals surface area contributed by atoms with Gasteiger partial charge in [0.2, 0.25) is 0 Å². The molecule has 1 aromatic rings. The highest BCUT2D eigenvalue weighted by Crippen LogP contribution is 2.05. The highest BCUT2D eigenvalue weighted by molar-refractivity contribution is 5.29. The summed E-state index contributed by atoms with van der Waals surface area (Å²) in [5.41, 5.74) is 0.486. The molecule has 0 aliphatic carbocycles. The highest BCUT2D eigenvalue weighted by Gasteiger charge is 1.92. The third kappa shape index (κ3) is 1.23. The molecular weight excluding hydrogens is 128 g/mol. The highest BCUT2D eigenvalue weighted by atomic mass is 16.5. The Morgan fingerprint density at radius 2 is 2.50 bits per heavy atom. The lowest BCUT2D eigenvalue weighted by molar-refractivity contribution is 0.411. The van der Waals surface area contributed by atoms with Crippen LogP contribution in [0.25, 0.3) is 0 Å². The van der Waals surface area contributed by atoms with Gasteiger partial charge in [-0.2, -0.15) is 5.10 Å². The minimum atomic E-state index is 0.486. The number of ether oxygens (including phenoxy) is 1. The van der Waals surface area contributed by atoms with E-state index in [0.29, 0.717) is 11.4 Å². The minimum absolute atomic E-state index is 0.486. The monoisotopic (exact) mass is 134 g/mol. The van der Waals surface area contributed by atoms with Gasteiger partial charge in [-0.3, -0.25) is 0 Å². The van der Waals surface area contributed by atoms with Crippen molar-refractivity contribution in [2.45, 2.75) is 0 Å². The predicted molar refractivity (Wildman–Crippen MR) is 36.5 cm³/mol. The molecule has 1 aromatic heterocycles. The fraction of sp³-hybridized carbons (Fsp3) is 0.143. The Labute approximate surface area is 59.0 Å². The van der Waals surface area contributed by atoms with Crippen LogP contribution in [0.1, 0.15) is 5.69 Å². The van der Waals surface area contributed by atoms with E-state index < -0.39 is 0 Å². The molecule has 0 saturated carbocycles. The number of terminal acetylenes is 1. The second-order valence-electron chi connectivity index (χ2n) is 1.62. The van der Waals surface area contributed by atoms with E-state index in [1.165, 1.54) is 6.20 Å². The number of methoxy groups -OCH3 is 1. The van der Waals surface area contributed by atoms with Crippen molar-refractivity contribution >= 4 is 0 Å². The standard InChI is InChI=1S/C7H6N2O/c1-3-6-4-7(10-2)5-8-9-6/h1,4-5H,2H3. The molecule has 1 rings (SSSR count).